The SMILES string of the molecule is CCc1nc2sc([C@@H](c3cccc(OC)c3)N3CCN(Cc4ccccc4)CC3)c(O)n2n1. The lowest BCUT2D eigenvalue weighted by Crippen LogP contribution is -2.47. The molecule has 7 nitrogen and oxygen atoms in total. The minimum absolute atomic E-state index is 0.0856. The van der Waals surface area contributed by atoms with Gasteiger partial charge in [0, 0.05) is 39.1 Å². The van der Waals surface area contributed by atoms with Crippen molar-refractivity contribution >= 4 is 16.3 Å². The maximum atomic E-state index is 11.1. The highest BCUT2D eigenvalue weighted by Crippen LogP contribution is 2.41. The maximum Gasteiger partial charge on any atom is 0.230 e. The summed E-state index contributed by atoms with van der Waals surface area (Å²) in [5.41, 5.74) is 2.44. The first kappa shape index (κ1) is 21.9. The summed E-state index contributed by atoms with van der Waals surface area (Å²) in [6.45, 7) is 6.73. The number of aromatic nitrogens is 3. The molecule has 33 heavy (non-hydrogen) atoms. The van der Waals surface area contributed by atoms with E-state index in [1.54, 1.807) is 11.6 Å². The molecule has 8 heteroatoms. The average Bonchev–Trinajstić information content (AvgIpc) is 3.40. The minimum Gasteiger partial charge on any atom is -0.497 e. The zero-order chi connectivity index (χ0) is 22.8. The highest BCUT2D eigenvalue weighted by atomic mass is 32.1. The van der Waals surface area contributed by atoms with Crippen LogP contribution in [-0.2, 0) is 13.0 Å². The molecule has 5 rings (SSSR count). The molecule has 1 atom stereocenters. The Kier molecular flexibility index (Phi) is 6.30. The molecule has 0 aliphatic carbocycles. The summed E-state index contributed by atoms with van der Waals surface area (Å²) in [7, 11) is 1.68. The summed E-state index contributed by atoms with van der Waals surface area (Å²) in [4.78, 5) is 11.1. The molecule has 1 fully saturated rings. The fourth-order valence-corrected chi connectivity index (χ4v) is 5.62. The summed E-state index contributed by atoms with van der Waals surface area (Å²) >= 11 is 1.52. The maximum absolute atomic E-state index is 11.1. The Balaban J connectivity index is 1.44. The molecule has 1 saturated heterocycles. The van der Waals surface area contributed by atoms with Crippen molar-refractivity contribution in [1.29, 1.82) is 0 Å². The number of nitrogens with zero attached hydrogens (tertiary/aromatic N) is 5. The lowest BCUT2D eigenvalue weighted by molar-refractivity contribution is 0.105. The molecule has 1 aliphatic rings. The molecule has 0 bridgehead atoms. The Morgan fingerprint density at radius 2 is 1.85 bits per heavy atom. The molecule has 0 spiro atoms. The highest BCUT2D eigenvalue weighted by molar-refractivity contribution is 7.17. The number of ether oxygens (including phenoxy) is 1. The Labute approximate surface area is 197 Å². The first-order valence-electron chi connectivity index (χ1n) is 11.4. The van der Waals surface area contributed by atoms with E-state index in [1.165, 1.54) is 16.9 Å². The normalized spacial score (nSPS) is 16.3. The second kappa shape index (κ2) is 9.51. The van der Waals surface area contributed by atoms with Crippen molar-refractivity contribution in [2.75, 3.05) is 33.3 Å². The van der Waals surface area contributed by atoms with E-state index in [2.05, 4.69) is 62.3 Å². The van der Waals surface area contributed by atoms with Gasteiger partial charge in [0.05, 0.1) is 18.0 Å². The van der Waals surface area contributed by atoms with Crippen LogP contribution in [0.1, 0.15) is 34.8 Å². The molecule has 4 aromatic rings. The number of methoxy groups -OCH3 is 1. The topological polar surface area (TPSA) is 66.1 Å². The van der Waals surface area contributed by atoms with Gasteiger partial charge < -0.3 is 9.84 Å². The molecular weight excluding hydrogens is 434 g/mol. The molecule has 1 aliphatic heterocycles. The first-order valence-corrected chi connectivity index (χ1v) is 12.2. The minimum atomic E-state index is -0.0856. The smallest absolute Gasteiger partial charge is 0.230 e. The molecule has 172 valence electrons. The van der Waals surface area contributed by atoms with E-state index in [4.69, 9.17) is 4.74 Å². The molecule has 2 aromatic carbocycles. The van der Waals surface area contributed by atoms with Gasteiger partial charge in [-0.2, -0.15) is 4.52 Å². The highest BCUT2D eigenvalue weighted by Gasteiger charge is 2.32. The molecule has 0 amide bonds. The van der Waals surface area contributed by atoms with Gasteiger partial charge in [-0.25, -0.2) is 4.98 Å². The van der Waals surface area contributed by atoms with Crippen molar-refractivity contribution in [1.82, 2.24) is 24.4 Å². The number of rotatable bonds is 7. The van der Waals surface area contributed by atoms with Gasteiger partial charge in [0.25, 0.3) is 0 Å². The van der Waals surface area contributed by atoms with Gasteiger partial charge in [0.15, 0.2) is 5.82 Å². The Morgan fingerprint density at radius 1 is 1.06 bits per heavy atom. The first-order chi connectivity index (χ1) is 16.2. The van der Waals surface area contributed by atoms with Crippen LogP contribution >= 0.6 is 11.3 Å². The quantitative estimate of drug-likeness (QED) is 0.447. The average molecular weight is 464 g/mol. The van der Waals surface area contributed by atoms with Crippen molar-refractivity contribution in [2.45, 2.75) is 25.9 Å². The molecule has 2 aromatic heterocycles. The summed E-state index contributed by atoms with van der Waals surface area (Å²) < 4.78 is 7.08. The van der Waals surface area contributed by atoms with E-state index >= 15 is 0 Å². The van der Waals surface area contributed by atoms with E-state index in [-0.39, 0.29) is 11.9 Å². The molecule has 0 saturated carbocycles. The summed E-state index contributed by atoms with van der Waals surface area (Å²) in [6, 6.07) is 18.7. The molecule has 0 unspecified atom stereocenters. The van der Waals surface area contributed by atoms with Crippen LogP contribution in [0.2, 0.25) is 0 Å². The van der Waals surface area contributed by atoms with Gasteiger partial charge >= 0.3 is 0 Å². The van der Waals surface area contributed by atoms with Crippen LogP contribution in [0.25, 0.3) is 4.96 Å². The zero-order valence-corrected chi connectivity index (χ0v) is 19.8. The predicted molar refractivity (Wildman–Crippen MR) is 130 cm³/mol. The number of fused-ring (bicyclic) bond motifs is 1. The monoisotopic (exact) mass is 463 g/mol. The fourth-order valence-electron chi connectivity index (χ4n) is 4.48. The molecule has 3 heterocycles. The number of aryl methyl sites for hydroxylation is 1. The summed E-state index contributed by atoms with van der Waals surface area (Å²) in [5, 5.41) is 15.6. The lowest BCUT2D eigenvalue weighted by atomic mass is 10.0. The Bertz CT molecular complexity index is 1210. The van der Waals surface area contributed by atoms with Gasteiger partial charge in [-0.15, -0.1) is 5.10 Å². The van der Waals surface area contributed by atoms with Crippen molar-refractivity contribution in [2.24, 2.45) is 0 Å². The van der Waals surface area contributed by atoms with Crippen molar-refractivity contribution in [3.8, 4) is 11.6 Å². The van der Waals surface area contributed by atoms with Crippen molar-refractivity contribution < 1.29 is 9.84 Å². The van der Waals surface area contributed by atoms with Gasteiger partial charge in [-0.1, -0.05) is 60.7 Å². The van der Waals surface area contributed by atoms with Crippen LogP contribution in [0.3, 0.4) is 0 Å². The van der Waals surface area contributed by atoms with Gasteiger partial charge in [-0.3, -0.25) is 9.80 Å². The third kappa shape index (κ3) is 4.46. The second-order valence-electron chi connectivity index (χ2n) is 8.34. The number of thiazole rings is 1. The number of hydrogen-bond donors (Lipinski definition) is 1. The molecule has 0 radical (unpaired) electrons. The van der Waals surface area contributed by atoms with Crippen LogP contribution in [0.5, 0.6) is 11.6 Å². The Morgan fingerprint density at radius 3 is 2.55 bits per heavy atom. The Hall–Kier alpha value is -2.94. The number of aromatic hydroxyl groups is 1. The molecule has 1 N–H and O–H groups in total. The van der Waals surface area contributed by atoms with Crippen LogP contribution in [0, 0.1) is 0 Å². The number of hydrogen-bond acceptors (Lipinski definition) is 7. The van der Waals surface area contributed by atoms with E-state index in [1.807, 2.05) is 19.1 Å². The standard InChI is InChI=1S/C25H29N5O2S/c1-3-21-26-25-30(27-21)24(31)23(33-25)22(19-10-7-11-20(16-19)32-2)29-14-12-28(13-15-29)17-18-8-5-4-6-9-18/h4-11,16,22,31H,3,12-15,17H2,1-2H3/t22-/m1/s1. The largest absolute Gasteiger partial charge is 0.497 e. The van der Waals surface area contributed by atoms with E-state index in [0.29, 0.717) is 0 Å². The predicted octanol–water partition coefficient (Wildman–Crippen LogP) is 3.97. The zero-order valence-electron chi connectivity index (χ0n) is 19.0. The van der Waals surface area contributed by atoms with E-state index in [9.17, 15) is 5.11 Å². The second-order valence-corrected chi connectivity index (χ2v) is 9.35. The van der Waals surface area contributed by atoms with Gasteiger partial charge in [0.2, 0.25) is 10.8 Å². The number of benzene rings is 2. The third-order valence-corrected chi connectivity index (χ3v) is 7.31. The van der Waals surface area contributed by atoms with Crippen LogP contribution in [0.4, 0.5) is 0 Å². The number of piperazine rings is 1. The summed E-state index contributed by atoms with van der Waals surface area (Å²) in [5.74, 6) is 1.74. The van der Waals surface area contributed by atoms with E-state index in [0.717, 1.165) is 66.1 Å². The van der Waals surface area contributed by atoms with Crippen LogP contribution in [0.15, 0.2) is 54.6 Å². The van der Waals surface area contributed by atoms with Gasteiger partial charge in [-0.05, 0) is 23.3 Å². The van der Waals surface area contributed by atoms with Crippen LogP contribution in [-0.4, -0.2) is 62.8 Å². The fraction of sp³-hybridized carbons (Fsp3) is 0.360. The lowest BCUT2D eigenvalue weighted by Gasteiger charge is -2.39. The molecular formula is C25H29N5O2S. The van der Waals surface area contributed by atoms with Crippen molar-refractivity contribution in [3.63, 3.8) is 0 Å². The summed E-state index contributed by atoms with van der Waals surface area (Å²) in [6.07, 6.45) is 0.742. The van der Waals surface area contributed by atoms with E-state index < -0.39 is 0 Å². The third-order valence-electron chi connectivity index (χ3n) is 6.24. The van der Waals surface area contributed by atoms with Crippen molar-refractivity contribution in [3.05, 3.63) is 76.4 Å². The van der Waals surface area contributed by atoms with Crippen LogP contribution < -0.4 is 4.74 Å². The van der Waals surface area contributed by atoms with Gasteiger partial charge in [0.1, 0.15) is 5.75 Å².